The van der Waals surface area contributed by atoms with Crippen molar-refractivity contribution < 1.29 is 4.79 Å². The Morgan fingerprint density at radius 2 is 1.73 bits per heavy atom. The molecule has 0 aliphatic heterocycles. The lowest BCUT2D eigenvalue weighted by Gasteiger charge is -2.16. The monoisotopic (exact) mass is 349 g/mol. The Kier molecular flexibility index (Phi) is 5.71. The van der Waals surface area contributed by atoms with Gasteiger partial charge in [-0.2, -0.15) is 5.10 Å². The van der Waals surface area contributed by atoms with Crippen molar-refractivity contribution in [3.8, 4) is 0 Å². The van der Waals surface area contributed by atoms with E-state index in [2.05, 4.69) is 34.0 Å². The number of amides is 1. The normalized spacial score (nSPS) is 13.9. The molecule has 0 unspecified atom stereocenters. The first kappa shape index (κ1) is 18.2. The molecule has 2 aromatic rings. The van der Waals surface area contributed by atoms with Crippen molar-refractivity contribution in [2.75, 3.05) is 11.9 Å². The van der Waals surface area contributed by atoms with Crippen LogP contribution in [-0.4, -0.2) is 18.2 Å². The molecular formula is C22H27N3O. The maximum Gasteiger partial charge on any atom is 0.259 e. The lowest BCUT2D eigenvalue weighted by molar-refractivity contribution is -0.119. The Labute approximate surface area is 155 Å². The third kappa shape index (κ3) is 4.31. The number of benzene rings is 2. The first-order valence-corrected chi connectivity index (χ1v) is 9.30. The number of aryl methyl sites for hydroxylation is 4. The molecule has 0 aromatic heterocycles. The molecule has 4 nitrogen and oxygen atoms in total. The number of para-hydroxylation sites is 1. The lowest BCUT2D eigenvalue weighted by Crippen LogP contribution is -2.27. The summed E-state index contributed by atoms with van der Waals surface area (Å²) >= 11 is 0. The SMILES string of the molecule is CC(=NNC(=O)CNc1c(C)cccc1C)c1ccc2c(c1)CCCC2. The number of hydrogen-bond acceptors (Lipinski definition) is 3. The maximum absolute atomic E-state index is 12.1. The van der Waals surface area contributed by atoms with Gasteiger partial charge in [0.25, 0.3) is 5.91 Å². The fraction of sp³-hybridized carbons (Fsp3) is 0.364. The van der Waals surface area contributed by atoms with E-state index in [4.69, 9.17) is 0 Å². The van der Waals surface area contributed by atoms with Gasteiger partial charge < -0.3 is 5.32 Å². The molecule has 4 heteroatoms. The Bertz CT molecular complexity index is 819. The van der Waals surface area contributed by atoms with E-state index in [1.807, 2.05) is 39.0 Å². The van der Waals surface area contributed by atoms with Gasteiger partial charge in [-0.05, 0) is 80.3 Å². The molecule has 0 saturated heterocycles. The second-order valence-electron chi connectivity index (χ2n) is 7.04. The van der Waals surface area contributed by atoms with Crippen LogP contribution < -0.4 is 10.7 Å². The van der Waals surface area contributed by atoms with Gasteiger partial charge >= 0.3 is 0 Å². The molecule has 2 aromatic carbocycles. The van der Waals surface area contributed by atoms with E-state index in [1.54, 1.807) is 0 Å². The molecule has 2 N–H and O–H groups in total. The summed E-state index contributed by atoms with van der Waals surface area (Å²) in [6.07, 6.45) is 4.85. The van der Waals surface area contributed by atoms with Crippen LogP contribution in [0.15, 0.2) is 41.5 Å². The molecule has 26 heavy (non-hydrogen) atoms. The minimum absolute atomic E-state index is 0.148. The molecule has 1 aliphatic rings. The van der Waals surface area contributed by atoms with Crippen molar-refractivity contribution in [1.29, 1.82) is 0 Å². The highest BCUT2D eigenvalue weighted by Crippen LogP contribution is 2.22. The number of anilines is 1. The largest absolute Gasteiger partial charge is 0.376 e. The Morgan fingerprint density at radius 3 is 2.46 bits per heavy atom. The van der Waals surface area contributed by atoms with Crippen LogP contribution in [0.1, 0.15) is 47.6 Å². The second-order valence-corrected chi connectivity index (χ2v) is 7.04. The van der Waals surface area contributed by atoms with Crippen LogP contribution in [0.25, 0.3) is 0 Å². The van der Waals surface area contributed by atoms with Gasteiger partial charge in [-0.3, -0.25) is 4.79 Å². The molecule has 0 radical (unpaired) electrons. The highest BCUT2D eigenvalue weighted by molar-refractivity contribution is 5.99. The Morgan fingerprint density at radius 1 is 1.04 bits per heavy atom. The van der Waals surface area contributed by atoms with Gasteiger partial charge in [0.05, 0.1) is 12.3 Å². The minimum atomic E-state index is -0.148. The van der Waals surface area contributed by atoms with E-state index >= 15 is 0 Å². The van der Waals surface area contributed by atoms with Crippen molar-refractivity contribution in [2.45, 2.75) is 46.5 Å². The van der Waals surface area contributed by atoms with Crippen molar-refractivity contribution in [3.63, 3.8) is 0 Å². The van der Waals surface area contributed by atoms with E-state index < -0.39 is 0 Å². The van der Waals surface area contributed by atoms with Gasteiger partial charge in [-0.1, -0.05) is 30.3 Å². The molecule has 136 valence electrons. The Hall–Kier alpha value is -2.62. The first-order valence-electron chi connectivity index (χ1n) is 9.30. The molecule has 3 rings (SSSR count). The maximum atomic E-state index is 12.1. The summed E-state index contributed by atoms with van der Waals surface area (Å²) in [4.78, 5) is 12.1. The fourth-order valence-corrected chi connectivity index (χ4v) is 3.47. The topological polar surface area (TPSA) is 53.5 Å². The predicted octanol–water partition coefficient (Wildman–Crippen LogP) is 4.13. The average Bonchev–Trinajstić information content (AvgIpc) is 2.65. The summed E-state index contributed by atoms with van der Waals surface area (Å²) in [6.45, 7) is 6.20. The summed E-state index contributed by atoms with van der Waals surface area (Å²) in [6, 6.07) is 12.6. The number of rotatable bonds is 5. The molecule has 0 spiro atoms. The lowest BCUT2D eigenvalue weighted by atomic mass is 9.90. The van der Waals surface area contributed by atoms with Crippen molar-refractivity contribution in [3.05, 3.63) is 64.2 Å². The number of hydrogen-bond donors (Lipinski definition) is 2. The van der Waals surface area contributed by atoms with Crippen LogP contribution in [-0.2, 0) is 17.6 Å². The van der Waals surface area contributed by atoms with E-state index in [9.17, 15) is 4.79 Å². The summed E-state index contributed by atoms with van der Waals surface area (Å²) < 4.78 is 0. The number of hydrazone groups is 1. The summed E-state index contributed by atoms with van der Waals surface area (Å²) in [7, 11) is 0. The number of carbonyl (C=O) groups is 1. The molecule has 0 atom stereocenters. The van der Waals surface area contributed by atoms with Gasteiger partial charge in [0, 0.05) is 5.69 Å². The third-order valence-electron chi connectivity index (χ3n) is 5.02. The van der Waals surface area contributed by atoms with Crippen LogP contribution in [0, 0.1) is 13.8 Å². The molecule has 1 aliphatic carbocycles. The zero-order chi connectivity index (χ0) is 18.5. The van der Waals surface area contributed by atoms with Crippen LogP contribution in [0.5, 0.6) is 0 Å². The van der Waals surface area contributed by atoms with E-state index in [-0.39, 0.29) is 12.5 Å². The highest BCUT2D eigenvalue weighted by atomic mass is 16.2. The fourth-order valence-electron chi connectivity index (χ4n) is 3.47. The molecule has 0 heterocycles. The highest BCUT2D eigenvalue weighted by Gasteiger charge is 2.11. The third-order valence-corrected chi connectivity index (χ3v) is 5.02. The second kappa shape index (κ2) is 8.17. The summed E-state index contributed by atoms with van der Waals surface area (Å²) in [5, 5.41) is 7.48. The predicted molar refractivity (Wildman–Crippen MR) is 108 cm³/mol. The van der Waals surface area contributed by atoms with Gasteiger partial charge in [0.2, 0.25) is 0 Å². The number of carbonyl (C=O) groups excluding carboxylic acids is 1. The minimum Gasteiger partial charge on any atom is -0.376 e. The zero-order valence-corrected chi connectivity index (χ0v) is 15.9. The standard InChI is InChI=1S/C22H27N3O/c1-15-7-6-8-16(2)22(15)23-14-21(26)25-24-17(3)19-12-11-18-9-4-5-10-20(18)13-19/h6-8,11-13,23H,4-5,9-10,14H2,1-3H3,(H,25,26). The summed E-state index contributed by atoms with van der Waals surface area (Å²) in [5.74, 6) is -0.148. The van der Waals surface area contributed by atoms with Crippen molar-refractivity contribution in [2.24, 2.45) is 5.10 Å². The van der Waals surface area contributed by atoms with Gasteiger partial charge in [0.15, 0.2) is 0 Å². The van der Waals surface area contributed by atoms with Gasteiger partial charge in [0.1, 0.15) is 0 Å². The van der Waals surface area contributed by atoms with Gasteiger partial charge in [-0.15, -0.1) is 0 Å². The zero-order valence-electron chi connectivity index (χ0n) is 15.9. The van der Waals surface area contributed by atoms with Crippen LogP contribution >= 0.6 is 0 Å². The smallest absolute Gasteiger partial charge is 0.259 e. The molecule has 0 saturated carbocycles. The van der Waals surface area contributed by atoms with E-state index in [0.717, 1.165) is 34.5 Å². The van der Waals surface area contributed by atoms with E-state index in [1.165, 1.54) is 30.4 Å². The van der Waals surface area contributed by atoms with Crippen LogP contribution in [0.4, 0.5) is 5.69 Å². The first-order chi connectivity index (χ1) is 12.5. The average molecular weight is 349 g/mol. The molecule has 1 amide bonds. The molecule has 0 fully saturated rings. The summed E-state index contributed by atoms with van der Waals surface area (Å²) in [5.41, 5.74) is 10.7. The molecular weight excluding hydrogens is 322 g/mol. The number of nitrogens with one attached hydrogen (secondary N) is 2. The van der Waals surface area contributed by atoms with Crippen LogP contribution in [0.2, 0.25) is 0 Å². The van der Waals surface area contributed by atoms with E-state index in [0.29, 0.717) is 0 Å². The molecule has 0 bridgehead atoms. The van der Waals surface area contributed by atoms with Crippen molar-refractivity contribution in [1.82, 2.24) is 5.43 Å². The Balaban J connectivity index is 1.59. The number of nitrogens with zero attached hydrogens (tertiary/aromatic N) is 1. The van der Waals surface area contributed by atoms with Crippen LogP contribution in [0.3, 0.4) is 0 Å². The number of fused-ring (bicyclic) bond motifs is 1. The van der Waals surface area contributed by atoms with Gasteiger partial charge in [-0.25, -0.2) is 5.43 Å². The van der Waals surface area contributed by atoms with Crippen molar-refractivity contribution >= 4 is 17.3 Å². The quantitative estimate of drug-likeness (QED) is 0.630.